The largest absolute Gasteiger partial charge is 0.444 e. The quantitative estimate of drug-likeness (QED) is 0.808. The third kappa shape index (κ3) is 3.64. The van der Waals surface area contributed by atoms with E-state index >= 15 is 0 Å². The van der Waals surface area contributed by atoms with Crippen LogP contribution in [0.3, 0.4) is 0 Å². The van der Waals surface area contributed by atoms with Crippen LogP contribution in [0, 0.1) is 0 Å². The van der Waals surface area contributed by atoms with Crippen molar-refractivity contribution < 1.29 is 14.3 Å². The number of nitrogens with zero attached hydrogens (tertiary/aromatic N) is 3. The summed E-state index contributed by atoms with van der Waals surface area (Å²) in [6.07, 6.45) is 3.73. The molecule has 0 radical (unpaired) electrons. The molecule has 0 spiro atoms. The van der Waals surface area contributed by atoms with Crippen LogP contribution in [0.2, 0.25) is 0 Å². The first-order chi connectivity index (χ1) is 11.2. The lowest BCUT2D eigenvalue weighted by Crippen LogP contribution is -2.48. The van der Waals surface area contributed by atoms with E-state index in [-0.39, 0.29) is 0 Å². The summed E-state index contributed by atoms with van der Waals surface area (Å²) < 4.78 is 7.09. The zero-order valence-corrected chi connectivity index (χ0v) is 14.7. The van der Waals surface area contributed by atoms with Crippen molar-refractivity contribution >= 4 is 12.4 Å². The van der Waals surface area contributed by atoms with Crippen molar-refractivity contribution in [2.75, 3.05) is 7.05 Å². The topological polar surface area (TPSA) is 64.4 Å². The van der Waals surface area contributed by atoms with Crippen molar-refractivity contribution in [3.05, 3.63) is 48.3 Å². The monoisotopic (exact) mass is 329 g/mol. The first-order valence-corrected chi connectivity index (χ1v) is 7.71. The third-order valence-electron chi connectivity index (χ3n) is 3.81. The van der Waals surface area contributed by atoms with Gasteiger partial charge in [0.1, 0.15) is 17.4 Å². The predicted molar refractivity (Wildman–Crippen MR) is 91.0 cm³/mol. The van der Waals surface area contributed by atoms with Gasteiger partial charge in [0.25, 0.3) is 0 Å². The summed E-state index contributed by atoms with van der Waals surface area (Å²) in [6, 6.07) is 9.17. The molecule has 1 amide bonds. The van der Waals surface area contributed by atoms with Gasteiger partial charge >= 0.3 is 6.09 Å². The van der Waals surface area contributed by atoms with Gasteiger partial charge in [-0.2, -0.15) is 5.10 Å². The molecule has 0 bridgehead atoms. The minimum atomic E-state index is -1.12. The fourth-order valence-corrected chi connectivity index (χ4v) is 2.23. The van der Waals surface area contributed by atoms with Crippen molar-refractivity contribution in [1.82, 2.24) is 14.7 Å². The molecule has 1 atom stereocenters. The van der Waals surface area contributed by atoms with Crippen molar-refractivity contribution in [2.24, 2.45) is 0 Å². The number of hydrogen-bond acceptors (Lipinski definition) is 4. The maximum absolute atomic E-state index is 12.3. The summed E-state index contributed by atoms with van der Waals surface area (Å²) in [6.45, 7) is 7.05. The van der Waals surface area contributed by atoms with Crippen molar-refractivity contribution in [3.8, 4) is 5.69 Å². The molecule has 128 valence electrons. The fraction of sp³-hybridized carbons (Fsp3) is 0.389. The van der Waals surface area contributed by atoms with E-state index in [1.807, 2.05) is 36.5 Å². The van der Waals surface area contributed by atoms with Gasteiger partial charge in [0.05, 0.1) is 5.69 Å². The second-order valence-corrected chi connectivity index (χ2v) is 6.80. The Morgan fingerprint density at radius 3 is 2.29 bits per heavy atom. The van der Waals surface area contributed by atoms with Crippen LogP contribution < -0.4 is 0 Å². The maximum atomic E-state index is 12.3. The number of rotatable bonds is 4. The van der Waals surface area contributed by atoms with E-state index in [1.54, 1.807) is 45.6 Å². The van der Waals surface area contributed by atoms with E-state index < -0.39 is 17.2 Å². The van der Waals surface area contributed by atoms with Gasteiger partial charge in [-0.05, 0) is 51.5 Å². The first-order valence-electron chi connectivity index (χ1n) is 7.71. The highest BCUT2D eigenvalue weighted by atomic mass is 16.6. The summed E-state index contributed by atoms with van der Waals surface area (Å²) in [5, 5.41) is 4.16. The molecular formula is C18H23N3O3. The zero-order valence-electron chi connectivity index (χ0n) is 14.7. The lowest BCUT2D eigenvalue weighted by atomic mass is 9.92. The van der Waals surface area contributed by atoms with Gasteiger partial charge in [-0.25, -0.2) is 9.48 Å². The van der Waals surface area contributed by atoms with E-state index in [1.165, 1.54) is 4.90 Å². The summed E-state index contributed by atoms with van der Waals surface area (Å²) in [5.41, 5.74) is -0.178. The van der Waals surface area contributed by atoms with Crippen molar-refractivity contribution in [1.29, 1.82) is 0 Å². The van der Waals surface area contributed by atoms with Gasteiger partial charge in [0, 0.05) is 19.4 Å². The molecule has 0 N–H and O–H groups in total. The van der Waals surface area contributed by atoms with Gasteiger partial charge < -0.3 is 9.53 Å². The zero-order chi connectivity index (χ0) is 18.0. The number of hydrogen-bond donors (Lipinski definition) is 0. The Bertz CT molecular complexity index is 702. The molecule has 1 heterocycles. The van der Waals surface area contributed by atoms with E-state index in [4.69, 9.17) is 4.74 Å². The molecule has 24 heavy (non-hydrogen) atoms. The summed E-state index contributed by atoms with van der Waals surface area (Å²) in [7, 11) is 1.56. The van der Waals surface area contributed by atoms with Crippen LogP contribution >= 0.6 is 0 Å². The summed E-state index contributed by atoms with van der Waals surface area (Å²) in [5.74, 6) is 0. The lowest BCUT2D eigenvalue weighted by Gasteiger charge is -2.35. The van der Waals surface area contributed by atoms with Gasteiger partial charge in [-0.15, -0.1) is 0 Å². The van der Waals surface area contributed by atoms with Crippen LogP contribution in [0.5, 0.6) is 0 Å². The number of aromatic nitrogens is 2. The molecule has 1 unspecified atom stereocenters. The Labute approximate surface area is 142 Å². The molecule has 0 fully saturated rings. The number of aldehydes is 1. The average Bonchev–Trinajstić information content (AvgIpc) is 3.06. The van der Waals surface area contributed by atoms with E-state index in [2.05, 4.69) is 5.10 Å². The molecule has 0 aliphatic heterocycles. The number of amides is 1. The molecule has 1 aromatic heterocycles. The second-order valence-electron chi connectivity index (χ2n) is 6.80. The smallest absolute Gasteiger partial charge is 0.411 e. The van der Waals surface area contributed by atoms with Crippen LogP contribution in [-0.4, -0.2) is 39.7 Å². The Hall–Kier alpha value is -2.63. The standard InChI is InChI=1S/C18H23N3O3/c1-17(2,3)24-16(23)20(5)18(4,13-22)14-7-9-15(10-8-14)21-12-6-11-19-21/h6-13H,1-5H3. The number of benzene rings is 1. The molecule has 2 rings (SSSR count). The highest BCUT2D eigenvalue weighted by molar-refractivity contribution is 5.78. The Balaban J connectivity index is 2.28. The number of carbonyl (C=O) groups excluding carboxylic acids is 2. The third-order valence-corrected chi connectivity index (χ3v) is 3.81. The van der Waals surface area contributed by atoms with Gasteiger partial charge in [-0.1, -0.05) is 12.1 Å². The number of likely N-dealkylation sites (N-methyl/N-ethyl adjacent to an activating group) is 1. The minimum Gasteiger partial charge on any atom is -0.444 e. The molecule has 0 aliphatic rings. The van der Waals surface area contributed by atoms with Crippen LogP contribution in [0.25, 0.3) is 5.69 Å². The maximum Gasteiger partial charge on any atom is 0.411 e. The highest BCUT2D eigenvalue weighted by Crippen LogP contribution is 2.27. The second kappa shape index (κ2) is 6.47. The number of ether oxygens (including phenoxy) is 1. The lowest BCUT2D eigenvalue weighted by molar-refractivity contribution is -0.117. The normalized spacial score (nSPS) is 13.9. The van der Waals surface area contributed by atoms with Crippen molar-refractivity contribution in [2.45, 2.75) is 38.8 Å². The van der Waals surface area contributed by atoms with Crippen LogP contribution in [0.15, 0.2) is 42.7 Å². The Morgan fingerprint density at radius 2 is 1.83 bits per heavy atom. The molecule has 2 aromatic rings. The molecule has 0 aliphatic carbocycles. The Morgan fingerprint density at radius 1 is 1.21 bits per heavy atom. The van der Waals surface area contributed by atoms with Crippen LogP contribution in [0.1, 0.15) is 33.3 Å². The highest BCUT2D eigenvalue weighted by Gasteiger charge is 2.36. The van der Waals surface area contributed by atoms with Gasteiger partial charge in [0.2, 0.25) is 0 Å². The van der Waals surface area contributed by atoms with E-state index in [9.17, 15) is 9.59 Å². The van der Waals surface area contributed by atoms with E-state index in [0.29, 0.717) is 5.56 Å². The van der Waals surface area contributed by atoms with Gasteiger partial charge in [-0.3, -0.25) is 4.90 Å². The summed E-state index contributed by atoms with van der Waals surface area (Å²) >= 11 is 0. The molecule has 6 nitrogen and oxygen atoms in total. The Kier molecular flexibility index (Phi) is 4.78. The SMILES string of the molecule is CN(C(=O)OC(C)(C)C)C(C)(C=O)c1ccc(-n2cccn2)cc1. The molecule has 1 aromatic carbocycles. The minimum absolute atomic E-state index is 0.548. The molecule has 0 saturated carbocycles. The predicted octanol–water partition coefficient (Wildman–Crippen LogP) is 3.15. The van der Waals surface area contributed by atoms with Crippen molar-refractivity contribution in [3.63, 3.8) is 0 Å². The number of carbonyl (C=O) groups is 2. The van der Waals surface area contributed by atoms with Crippen LogP contribution in [-0.2, 0) is 15.1 Å². The van der Waals surface area contributed by atoms with Gasteiger partial charge in [0.15, 0.2) is 0 Å². The van der Waals surface area contributed by atoms with Crippen LogP contribution in [0.4, 0.5) is 4.79 Å². The first kappa shape index (κ1) is 17.7. The molecular weight excluding hydrogens is 306 g/mol. The fourth-order valence-electron chi connectivity index (χ4n) is 2.23. The molecule has 6 heteroatoms. The average molecular weight is 329 g/mol. The molecule has 0 saturated heterocycles. The summed E-state index contributed by atoms with van der Waals surface area (Å²) in [4.78, 5) is 25.4. The van der Waals surface area contributed by atoms with E-state index in [0.717, 1.165) is 12.0 Å².